The molecule has 0 fully saturated rings. The molecule has 1 amide bonds. The number of carbonyl (C=O) groups excluding carboxylic acids is 1. The molecule has 0 aliphatic carbocycles. The van der Waals surface area contributed by atoms with Crippen LogP contribution in [0.5, 0.6) is 5.75 Å². The van der Waals surface area contributed by atoms with E-state index >= 15 is 0 Å². The van der Waals surface area contributed by atoms with Crippen LogP contribution in [0, 0.1) is 12.3 Å². The third kappa shape index (κ3) is 5.24. The minimum atomic E-state index is -0.246. The van der Waals surface area contributed by atoms with Gasteiger partial charge in [0.1, 0.15) is 5.75 Å². The summed E-state index contributed by atoms with van der Waals surface area (Å²) in [5.74, 6) is 2.75. The van der Waals surface area contributed by atoms with E-state index in [1.165, 1.54) is 0 Å². The Labute approximate surface area is 128 Å². The molecule has 0 aromatic heterocycles. The van der Waals surface area contributed by atoms with E-state index in [1.807, 2.05) is 25.1 Å². The Kier molecular flexibility index (Phi) is 7.13. The van der Waals surface area contributed by atoms with E-state index in [-0.39, 0.29) is 25.1 Å². The van der Waals surface area contributed by atoms with Crippen molar-refractivity contribution in [2.24, 2.45) is 5.73 Å². The van der Waals surface area contributed by atoms with Crippen LogP contribution in [0.3, 0.4) is 0 Å². The minimum absolute atomic E-state index is 0.0708. The molecule has 1 rings (SSSR count). The van der Waals surface area contributed by atoms with Crippen molar-refractivity contribution >= 4 is 21.8 Å². The molecule has 20 heavy (non-hydrogen) atoms. The van der Waals surface area contributed by atoms with E-state index in [1.54, 1.807) is 0 Å². The van der Waals surface area contributed by atoms with Crippen LogP contribution in [0.2, 0.25) is 0 Å². The van der Waals surface area contributed by atoms with Crippen molar-refractivity contribution in [1.82, 2.24) is 5.32 Å². The first-order valence-electron chi connectivity index (χ1n) is 6.44. The largest absolute Gasteiger partial charge is 0.482 e. The molecule has 1 atom stereocenters. The van der Waals surface area contributed by atoms with Crippen LogP contribution < -0.4 is 15.8 Å². The van der Waals surface area contributed by atoms with E-state index in [0.29, 0.717) is 12.2 Å². The number of terminal acetylenes is 1. The lowest BCUT2D eigenvalue weighted by atomic mass is 10.0. The van der Waals surface area contributed by atoms with Gasteiger partial charge in [-0.1, -0.05) is 25.0 Å². The number of hydrogen-bond donors (Lipinski definition) is 2. The average Bonchev–Trinajstić information content (AvgIpc) is 2.44. The molecule has 3 N–H and O–H groups in total. The zero-order chi connectivity index (χ0) is 15.0. The average molecular weight is 339 g/mol. The van der Waals surface area contributed by atoms with Crippen LogP contribution >= 0.6 is 15.9 Å². The predicted octanol–water partition coefficient (Wildman–Crippen LogP) is 1.86. The van der Waals surface area contributed by atoms with E-state index in [9.17, 15) is 4.79 Å². The number of nitrogens with two attached hydrogens (primary N) is 1. The molecule has 0 heterocycles. The molecule has 0 aliphatic rings. The molecular formula is C15H19BrN2O2. The van der Waals surface area contributed by atoms with E-state index < -0.39 is 0 Å². The van der Waals surface area contributed by atoms with E-state index in [2.05, 4.69) is 27.2 Å². The minimum Gasteiger partial charge on any atom is -0.482 e. The van der Waals surface area contributed by atoms with Gasteiger partial charge in [-0.25, -0.2) is 0 Å². The Hall–Kier alpha value is -1.51. The summed E-state index contributed by atoms with van der Waals surface area (Å²) in [6, 6.07) is 5.82. The number of halogens is 1. The van der Waals surface area contributed by atoms with Crippen LogP contribution in [-0.2, 0) is 11.2 Å². The van der Waals surface area contributed by atoms with Gasteiger partial charge in [0.25, 0.3) is 5.91 Å². The molecule has 1 aromatic rings. The second kappa shape index (κ2) is 8.62. The topological polar surface area (TPSA) is 64.3 Å². The molecular weight excluding hydrogens is 320 g/mol. The Bertz CT molecular complexity index is 497. The van der Waals surface area contributed by atoms with Gasteiger partial charge in [-0.2, -0.15) is 0 Å². The second-order valence-corrected chi connectivity index (χ2v) is 5.22. The number of para-hydroxylation sites is 1. The fraction of sp³-hybridized carbons (Fsp3) is 0.400. The van der Waals surface area contributed by atoms with Gasteiger partial charge in [0.15, 0.2) is 6.61 Å². The quantitative estimate of drug-likeness (QED) is 0.746. The van der Waals surface area contributed by atoms with Crippen LogP contribution in [0.4, 0.5) is 0 Å². The lowest BCUT2D eigenvalue weighted by Gasteiger charge is -2.15. The summed E-state index contributed by atoms with van der Waals surface area (Å²) < 4.78 is 6.40. The Morgan fingerprint density at radius 3 is 3.00 bits per heavy atom. The SMILES string of the molecule is C#CCNC(=O)COc1c(Br)cccc1CC(N)CC. The van der Waals surface area contributed by atoms with Crippen molar-refractivity contribution in [3.05, 3.63) is 28.2 Å². The van der Waals surface area contributed by atoms with Gasteiger partial charge in [0.2, 0.25) is 0 Å². The molecule has 108 valence electrons. The van der Waals surface area contributed by atoms with E-state index in [4.69, 9.17) is 16.9 Å². The first-order valence-corrected chi connectivity index (χ1v) is 7.23. The molecule has 1 unspecified atom stereocenters. The molecule has 0 saturated carbocycles. The number of benzene rings is 1. The van der Waals surface area contributed by atoms with Gasteiger partial charge in [-0.15, -0.1) is 6.42 Å². The number of amides is 1. The van der Waals surface area contributed by atoms with Crippen molar-refractivity contribution in [2.45, 2.75) is 25.8 Å². The molecule has 0 spiro atoms. The zero-order valence-electron chi connectivity index (χ0n) is 11.5. The number of hydrogen-bond acceptors (Lipinski definition) is 3. The summed E-state index contributed by atoms with van der Waals surface area (Å²) >= 11 is 3.43. The maximum Gasteiger partial charge on any atom is 0.258 e. The van der Waals surface area contributed by atoms with Gasteiger partial charge < -0.3 is 15.8 Å². The highest BCUT2D eigenvalue weighted by atomic mass is 79.9. The monoisotopic (exact) mass is 338 g/mol. The number of nitrogens with one attached hydrogen (secondary N) is 1. The molecule has 0 aliphatic heterocycles. The Morgan fingerprint density at radius 2 is 2.35 bits per heavy atom. The lowest BCUT2D eigenvalue weighted by molar-refractivity contribution is -0.122. The third-order valence-electron chi connectivity index (χ3n) is 2.79. The molecule has 1 aromatic carbocycles. The maximum atomic E-state index is 11.5. The summed E-state index contributed by atoms with van der Waals surface area (Å²) in [4.78, 5) is 11.5. The lowest BCUT2D eigenvalue weighted by Crippen LogP contribution is -2.29. The maximum absolute atomic E-state index is 11.5. The van der Waals surface area contributed by atoms with Crippen molar-refractivity contribution in [3.63, 3.8) is 0 Å². The van der Waals surface area contributed by atoms with Crippen molar-refractivity contribution in [2.75, 3.05) is 13.2 Å². The summed E-state index contributed by atoms with van der Waals surface area (Å²) in [6.45, 7) is 2.17. The number of ether oxygens (including phenoxy) is 1. The standard InChI is InChI=1S/C15H19BrN2O2/c1-3-8-18-14(19)10-20-15-11(9-12(17)4-2)6-5-7-13(15)16/h1,5-7,12H,4,8-10,17H2,2H3,(H,18,19). The van der Waals surface area contributed by atoms with Gasteiger partial charge >= 0.3 is 0 Å². The van der Waals surface area contributed by atoms with Crippen LogP contribution in [0.15, 0.2) is 22.7 Å². The first-order chi connectivity index (χ1) is 9.58. The van der Waals surface area contributed by atoms with Crippen LogP contribution in [0.25, 0.3) is 0 Å². The fourth-order valence-electron chi connectivity index (χ4n) is 1.64. The highest BCUT2D eigenvalue weighted by Crippen LogP contribution is 2.30. The summed E-state index contributed by atoms with van der Waals surface area (Å²) in [5, 5.41) is 2.55. The van der Waals surface area contributed by atoms with Gasteiger partial charge in [-0.3, -0.25) is 4.79 Å². The zero-order valence-corrected chi connectivity index (χ0v) is 13.1. The summed E-state index contributed by atoms with van der Waals surface area (Å²) in [6.07, 6.45) is 6.66. The van der Waals surface area contributed by atoms with Crippen LogP contribution in [-0.4, -0.2) is 25.1 Å². The highest BCUT2D eigenvalue weighted by Gasteiger charge is 2.12. The van der Waals surface area contributed by atoms with Crippen molar-refractivity contribution in [1.29, 1.82) is 0 Å². The summed E-state index contributed by atoms with van der Waals surface area (Å²) in [5.41, 5.74) is 6.96. The van der Waals surface area contributed by atoms with E-state index in [0.717, 1.165) is 16.5 Å². The van der Waals surface area contributed by atoms with Crippen molar-refractivity contribution in [3.8, 4) is 18.1 Å². The number of rotatable bonds is 7. The molecule has 4 nitrogen and oxygen atoms in total. The third-order valence-corrected chi connectivity index (χ3v) is 3.41. The highest BCUT2D eigenvalue weighted by molar-refractivity contribution is 9.10. The fourth-order valence-corrected chi connectivity index (χ4v) is 2.16. The van der Waals surface area contributed by atoms with Crippen LogP contribution in [0.1, 0.15) is 18.9 Å². The molecule has 0 radical (unpaired) electrons. The number of carbonyl (C=O) groups is 1. The second-order valence-electron chi connectivity index (χ2n) is 4.37. The normalized spacial score (nSPS) is 11.5. The Morgan fingerprint density at radius 1 is 1.60 bits per heavy atom. The van der Waals surface area contributed by atoms with Gasteiger partial charge in [0.05, 0.1) is 11.0 Å². The van der Waals surface area contributed by atoms with Gasteiger partial charge in [-0.05, 0) is 40.4 Å². The van der Waals surface area contributed by atoms with Gasteiger partial charge in [0, 0.05) is 6.04 Å². The molecule has 5 heteroatoms. The Balaban J connectivity index is 2.73. The van der Waals surface area contributed by atoms with Crippen molar-refractivity contribution < 1.29 is 9.53 Å². The smallest absolute Gasteiger partial charge is 0.258 e. The first kappa shape index (κ1) is 16.5. The molecule has 0 saturated heterocycles. The predicted molar refractivity (Wildman–Crippen MR) is 83.5 cm³/mol. The summed E-state index contributed by atoms with van der Waals surface area (Å²) in [7, 11) is 0. The molecule has 0 bridgehead atoms.